The molecule has 45 heavy (non-hydrogen) atoms. The number of para-hydroxylation sites is 2. The summed E-state index contributed by atoms with van der Waals surface area (Å²) in [4.78, 5) is 4.50. The third-order valence-electron chi connectivity index (χ3n) is 8.52. The van der Waals surface area contributed by atoms with Crippen molar-refractivity contribution in [2.75, 3.05) is 0 Å². The van der Waals surface area contributed by atoms with Gasteiger partial charge in [-0.3, -0.25) is 4.98 Å². The number of hydrogen-bond acceptors (Lipinski definition) is 2. The lowest BCUT2D eigenvalue weighted by molar-refractivity contribution is -0.137. The van der Waals surface area contributed by atoms with E-state index in [9.17, 15) is 18.4 Å². The maximum absolute atomic E-state index is 13.8. The van der Waals surface area contributed by atoms with Crippen LogP contribution in [0, 0.1) is 18.3 Å². The largest absolute Gasteiger partial charge is 0.416 e. The molecule has 0 N–H and O–H groups in total. The maximum atomic E-state index is 13.8. The number of pyridine rings is 1. The van der Waals surface area contributed by atoms with Crippen LogP contribution in [0.4, 0.5) is 13.2 Å². The van der Waals surface area contributed by atoms with E-state index in [4.69, 9.17) is 0 Å². The van der Waals surface area contributed by atoms with Crippen LogP contribution in [-0.2, 0) is 6.18 Å². The second-order valence-electron chi connectivity index (χ2n) is 11.2. The lowest BCUT2D eigenvalue weighted by Gasteiger charge is -2.18. The molecule has 216 valence electrons. The Balaban J connectivity index is 1.46. The molecule has 8 aromatic rings. The van der Waals surface area contributed by atoms with Gasteiger partial charge in [-0.25, -0.2) is 0 Å². The van der Waals surface area contributed by atoms with Crippen molar-refractivity contribution < 1.29 is 13.2 Å². The minimum Gasteiger partial charge on any atom is -0.309 e. The molecule has 0 aliphatic rings. The van der Waals surface area contributed by atoms with E-state index in [1.54, 1.807) is 18.5 Å². The Hall–Kier alpha value is -5.87. The molecule has 8 rings (SSSR count). The van der Waals surface area contributed by atoms with E-state index in [0.29, 0.717) is 16.5 Å². The molecule has 0 spiro atoms. The van der Waals surface area contributed by atoms with E-state index < -0.39 is 11.7 Å². The van der Waals surface area contributed by atoms with Crippen molar-refractivity contribution in [3.05, 3.63) is 138 Å². The van der Waals surface area contributed by atoms with E-state index in [-0.39, 0.29) is 0 Å². The molecule has 3 aromatic heterocycles. The molecule has 0 aliphatic carbocycles. The van der Waals surface area contributed by atoms with E-state index in [2.05, 4.69) is 52.9 Å². The SMILES string of the molecule is Cc1ccc2c(c1)c1ccccc1n2-c1cc(C#N)ccc1-c1cnccc1-n1c2ccccc2c2cc(C(F)(F)F)ccc21. The molecule has 0 atom stereocenters. The number of aromatic nitrogens is 3. The molecule has 0 aliphatic heterocycles. The first kappa shape index (κ1) is 26.7. The van der Waals surface area contributed by atoms with Crippen LogP contribution in [0.1, 0.15) is 16.7 Å². The third kappa shape index (κ3) is 4.10. The van der Waals surface area contributed by atoms with Crippen LogP contribution in [0.2, 0.25) is 0 Å². The van der Waals surface area contributed by atoms with E-state index in [1.165, 1.54) is 12.1 Å². The number of rotatable bonds is 3. The summed E-state index contributed by atoms with van der Waals surface area (Å²) in [7, 11) is 0. The lowest BCUT2D eigenvalue weighted by atomic mass is 10.0. The molecular formula is C38H23F3N4. The minimum atomic E-state index is -4.46. The summed E-state index contributed by atoms with van der Waals surface area (Å²) in [6, 6.07) is 35.7. The summed E-state index contributed by atoms with van der Waals surface area (Å²) in [5, 5.41) is 13.4. The molecule has 4 nitrogen and oxygen atoms in total. The summed E-state index contributed by atoms with van der Waals surface area (Å²) in [6.07, 6.45) is -0.990. The summed E-state index contributed by atoms with van der Waals surface area (Å²) in [5.41, 5.74) is 7.56. The quantitative estimate of drug-likeness (QED) is 0.205. The number of nitriles is 1. The van der Waals surface area contributed by atoms with Gasteiger partial charge in [-0.05, 0) is 67.6 Å². The first-order valence-corrected chi connectivity index (χ1v) is 14.4. The monoisotopic (exact) mass is 592 g/mol. The fourth-order valence-electron chi connectivity index (χ4n) is 6.56. The molecule has 0 radical (unpaired) electrons. The predicted molar refractivity (Wildman–Crippen MR) is 173 cm³/mol. The maximum Gasteiger partial charge on any atom is 0.416 e. The Labute approximate surface area is 255 Å². The van der Waals surface area contributed by atoms with Crippen molar-refractivity contribution in [1.82, 2.24) is 14.1 Å². The number of benzene rings is 5. The van der Waals surface area contributed by atoms with Crippen molar-refractivity contribution >= 4 is 43.6 Å². The zero-order chi connectivity index (χ0) is 30.9. The van der Waals surface area contributed by atoms with Gasteiger partial charge in [0.2, 0.25) is 0 Å². The first-order chi connectivity index (χ1) is 21.8. The van der Waals surface area contributed by atoms with E-state index in [1.807, 2.05) is 59.2 Å². The van der Waals surface area contributed by atoms with Gasteiger partial charge in [-0.2, -0.15) is 18.4 Å². The Morgan fingerprint density at radius 3 is 1.93 bits per heavy atom. The normalized spacial score (nSPS) is 12.0. The van der Waals surface area contributed by atoms with Gasteiger partial charge in [0.1, 0.15) is 0 Å². The molecule has 0 saturated heterocycles. The number of fused-ring (bicyclic) bond motifs is 6. The van der Waals surface area contributed by atoms with Crippen molar-refractivity contribution in [3.8, 4) is 28.6 Å². The second-order valence-corrected chi connectivity index (χ2v) is 11.2. The van der Waals surface area contributed by atoms with Gasteiger partial charge in [0.25, 0.3) is 0 Å². The zero-order valence-electron chi connectivity index (χ0n) is 24.0. The van der Waals surface area contributed by atoms with E-state index in [0.717, 1.165) is 66.8 Å². The average Bonchev–Trinajstić information content (AvgIpc) is 3.56. The molecule has 0 bridgehead atoms. The number of alkyl halides is 3. The molecule has 3 heterocycles. The number of nitrogens with zero attached hydrogens (tertiary/aromatic N) is 4. The molecule has 0 amide bonds. The van der Waals surface area contributed by atoms with Crippen LogP contribution >= 0.6 is 0 Å². The van der Waals surface area contributed by atoms with Gasteiger partial charge < -0.3 is 9.13 Å². The molecule has 5 aromatic carbocycles. The first-order valence-electron chi connectivity index (χ1n) is 14.4. The Kier molecular flexibility index (Phi) is 5.84. The van der Waals surface area contributed by atoms with E-state index >= 15 is 0 Å². The molecule has 0 unspecified atom stereocenters. The highest BCUT2D eigenvalue weighted by Gasteiger charge is 2.31. The van der Waals surface area contributed by atoms with Crippen molar-refractivity contribution in [2.24, 2.45) is 0 Å². The van der Waals surface area contributed by atoms with Gasteiger partial charge in [0.15, 0.2) is 0 Å². The van der Waals surface area contributed by atoms with Crippen LogP contribution in [0.3, 0.4) is 0 Å². The Bertz CT molecular complexity index is 2510. The molecule has 7 heteroatoms. The highest BCUT2D eigenvalue weighted by atomic mass is 19.4. The zero-order valence-corrected chi connectivity index (χ0v) is 24.0. The highest BCUT2D eigenvalue weighted by Crippen LogP contribution is 2.42. The van der Waals surface area contributed by atoms with Gasteiger partial charge in [-0.15, -0.1) is 0 Å². The van der Waals surface area contributed by atoms with Crippen LogP contribution in [0.15, 0.2) is 122 Å². The molecule has 0 saturated carbocycles. The van der Waals surface area contributed by atoms with Crippen LogP contribution < -0.4 is 0 Å². The van der Waals surface area contributed by atoms with Gasteiger partial charge in [-0.1, -0.05) is 54.1 Å². The van der Waals surface area contributed by atoms with Crippen molar-refractivity contribution in [2.45, 2.75) is 13.1 Å². The van der Waals surface area contributed by atoms with Gasteiger partial charge in [0, 0.05) is 45.1 Å². The fourth-order valence-corrected chi connectivity index (χ4v) is 6.56. The van der Waals surface area contributed by atoms with Crippen molar-refractivity contribution in [3.63, 3.8) is 0 Å². The lowest BCUT2D eigenvalue weighted by Crippen LogP contribution is -2.05. The van der Waals surface area contributed by atoms with Crippen LogP contribution in [0.5, 0.6) is 0 Å². The standard InChI is InChI=1S/C38H23F3N4/c1-23-10-14-34-29(18-23)26-6-2-5-9-33(26)45(34)37-19-24(21-42)11-13-28(37)31-22-43-17-16-36(31)44-32-8-4-3-7-27(32)30-20-25(38(39,40)41)12-15-35(30)44/h2-20,22H,1H3. The summed E-state index contributed by atoms with van der Waals surface area (Å²) in [5.74, 6) is 0. The Morgan fingerprint density at radius 1 is 0.622 bits per heavy atom. The van der Waals surface area contributed by atoms with Gasteiger partial charge in [0.05, 0.1) is 50.6 Å². The summed E-state index contributed by atoms with van der Waals surface area (Å²) < 4.78 is 45.5. The number of halogens is 3. The average molecular weight is 593 g/mol. The second kappa shape index (κ2) is 9.83. The van der Waals surface area contributed by atoms with Crippen LogP contribution in [0.25, 0.3) is 66.1 Å². The molecular weight excluding hydrogens is 569 g/mol. The predicted octanol–water partition coefficient (Wildman–Crippen LogP) is 10.1. The molecule has 0 fully saturated rings. The van der Waals surface area contributed by atoms with Gasteiger partial charge >= 0.3 is 6.18 Å². The Morgan fingerprint density at radius 2 is 1.24 bits per heavy atom. The third-order valence-corrected chi connectivity index (χ3v) is 8.52. The fraction of sp³-hybridized carbons (Fsp3) is 0.0526. The number of aryl methyl sites for hydroxylation is 1. The minimum absolute atomic E-state index is 0.508. The number of hydrogen-bond donors (Lipinski definition) is 0. The smallest absolute Gasteiger partial charge is 0.309 e. The summed E-state index contributed by atoms with van der Waals surface area (Å²) in [6.45, 7) is 2.07. The van der Waals surface area contributed by atoms with Crippen LogP contribution in [-0.4, -0.2) is 14.1 Å². The summed E-state index contributed by atoms with van der Waals surface area (Å²) >= 11 is 0. The van der Waals surface area contributed by atoms with Crippen molar-refractivity contribution in [1.29, 1.82) is 5.26 Å². The topological polar surface area (TPSA) is 46.5 Å². The highest BCUT2D eigenvalue weighted by molar-refractivity contribution is 6.11.